The minimum Gasteiger partial charge on any atom is -0.462 e. The highest BCUT2D eigenvalue weighted by Crippen LogP contribution is 2.47. The Kier molecular flexibility index (Phi) is 11.2. The van der Waals surface area contributed by atoms with E-state index in [9.17, 15) is 24.1 Å². The van der Waals surface area contributed by atoms with E-state index in [0.29, 0.717) is 0 Å². The van der Waals surface area contributed by atoms with Crippen LogP contribution in [0.1, 0.15) is 39.6 Å². The van der Waals surface area contributed by atoms with Gasteiger partial charge < -0.3 is 24.0 Å². The molecular weight excluding hydrogens is 574 g/mol. The van der Waals surface area contributed by atoms with E-state index in [1.807, 2.05) is 0 Å². The molecular formula is C27H38FN4O9P. The number of carbonyl (C=O) groups is 2. The molecule has 0 saturated carbocycles. The molecule has 1 aliphatic rings. The van der Waals surface area contributed by atoms with Crippen LogP contribution in [0.4, 0.5) is 4.39 Å². The molecule has 0 amide bonds. The van der Waals surface area contributed by atoms with Crippen molar-refractivity contribution in [1.29, 1.82) is 0 Å². The van der Waals surface area contributed by atoms with Crippen LogP contribution in [-0.4, -0.2) is 88.6 Å². The van der Waals surface area contributed by atoms with Gasteiger partial charge in [0.25, 0.3) is 0 Å². The first-order valence-corrected chi connectivity index (χ1v) is 14.9. The third kappa shape index (κ3) is 8.76. The van der Waals surface area contributed by atoms with Crippen LogP contribution in [0, 0.1) is 0 Å². The molecule has 0 spiro atoms. The summed E-state index contributed by atoms with van der Waals surface area (Å²) in [7, 11) is -0.859. The van der Waals surface area contributed by atoms with Gasteiger partial charge in [0.05, 0.1) is 31.4 Å². The van der Waals surface area contributed by atoms with E-state index < -0.39 is 62.3 Å². The van der Waals surface area contributed by atoms with Gasteiger partial charge in [-0.15, -0.1) is 0 Å². The van der Waals surface area contributed by atoms with Gasteiger partial charge in [-0.05, 0) is 60.0 Å². The first kappa shape index (κ1) is 33.5. The number of hydrogen-bond donors (Lipinski definition) is 2. The molecule has 232 valence electrons. The Hall–Kier alpha value is -3.00. The lowest BCUT2D eigenvalue weighted by Crippen LogP contribution is -2.43. The smallest absolute Gasteiger partial charge is 0.459 e. The molecule has 42 heavy (non-hydrogen) atoms. The molecule has 1 aromatic heterocycles. The lowest BCUT2D eigenvalue weighted by Gasteiger charge is -2.25. The van der Waals surface area contributed by atoms with Crippen molar-refractivity contribution in [3.63, 3.8) is 0 Å². The van der Waals surface area contributed by atoms with Crippen molar-refractivity contribution < 1.29 is 42.2 Å². The van der Waals surface area contributed by atoms with Gasteiger partial charge in [0.1, 0.15) is 24.0 Å². The summed E-state index contributed by atoms with van der Waals surface area (Å²) < 4.78 is 52.3. The molecule has 0 aliphatic carbocycles. The van der Waals surface area contributed by atoms with E-state index >= 15 is 4.39 Å². The molecule has 15 heteroatoms. The maximum absolute atomic E-state index is 15.8. The summed E-state index contributed by atoms with van der Waals surface area (Å²) in [6.45, 7) is 5.29. The average Bonchev–Trinajstić information content (AvgIpc) is 3.10. The van der Waals surface area contributed by atoms with E-state index in [1.54, 1.807) is 51.0 Å². The number of aromatic nitrogens is 2. The maximum atomic E-state index is 15.8. The van der Waals surface area contributed by atoms with Crippen molar-refractivity contribution >= 4 is 19.5 Å². The van der Waals surface area contributed by atoms with E-state index in [4.69, 9.17) is 18.5 Å². The molecule has 6 atom stereocenters. The lowest BCUT2D eigenvalue weighted by molar-refractivity contribution is -0.149. The van der Waals surface area contributed by atoms with Crippen LogP contribution in [-0.2, 0) is 34.6 Å². The number of esters is 1. The summed E-state index contributed by atoms with van der Waals surface area (Å²) in [6, 6.07) is 8.29. The van der Waals surface area contributed by atoms with Crippen LogP contribution in [0.2, 0.25) is 0 Å². The number of carbonyl (C=O) groups excluding carboxylic acids is 2. The zero-order valence-corrected chi connectivity index (χ0v) is 25.3. The number of hydrogen-bond acceptors (Lipinski definition) is 11. The maximum Gasteiger partial charge on any atom is 0.459 e. The predicted molar refractivity (Wildman–Crippen MR) is 150 cm³/mol. The number of nitrogens with zero attached hydrogens (tertiary/aromatic N) is 3. The van der Waals surface area contributed by atoms with Gasteiger partial charge in [0.15, 0.2) is 17.7 Å². The highest BCUT2D eigenvalue weighted by molar-refractivity contribution is 7.52. The van der Waals surface area contributed by atoms with Gasteiger partial charge in [-0.2, -0.15) is 10.1 Å². The molecule has 2 aromatic rings. The van der Waals surface area contributed by atoms with E-state index in [0.717, 1.165) is 11.5 Å². The summed E-state index contributed by atoms with van der Waals surface area (Å²) in [5, 5.41) is 13.3. The van der Waals surface area contributed by atoms with Crippen molar-refractivity contribution in [3.05, 3.63) is 58.8 Å². The van der Waals surface area contributed by atoms with Gasteiger partial charge in [0, 0.05) is 6.20 Å². The van der Waals surface area contributed by atoms with Crippen LogP contribution in [0.3, 0.4) is 0 Å². The summed E-state index contributed by atoms with van der Waals surface area (Å²) in [5.74, 6) is -0.717. The number of rotatable bonds is 14. The lowest BCUT2D eigenvalue weighted by atomic mass is 9.98. The van der Waals surface area contributed by atoms with E-state index in [1.165, 1.54) is 31.3 Å². The average molecular weight is 613 g/mol. The number of aliphatic hydroxyl groups excluding tert-OH is 1. The number of aliphatic hydroxyl groups is 1. The van der Waals surface area contributed by atoms with Crippen LogP contribution < -0.4 is 15.3 Å². The molecule has 0 unspecified atom stereocenters. The zero-order chi connectivity index (χ0) is 31.2. The number of ketones is 1. The van der Waals surface area contributed by atoms with Gasteiger partial charge in [-0.25, -0.2) is 13.8 Å². The van der Waals surface area contributed by atoms with Crippen molar-refractivity contribution in [2.45, 2.75) is 70.4 Å². The van der Waals surface area contributed by atoms with Crippen LogP contribution in [0.15, 0.2) is 47.4 Å². The van der Waals surface area contributed by atoms with Gasteiger partial charge >= 0.3 is 19.4 Å². The molecule has 1 saturated heterocycles. The number of alkyl halides is 1. The second-order valence-corrected chi connectivity index (χ2v) is 12.4. The zero-order valence-electron chi connectivity index (χ0n) is 24.4. The normalized spacial score (nSPS) is 24.4. The second-order valence-electron chi connectivity index (χ2n) is 10.7. The quantitative estimate of drug-likeness (QED) is 0.237. The van der Waals surface area contributed by atoms with Crippen molar-refractivity contribution in [2.75, 3.05) is 27.2 Å². The van der Waals surface area contributed by atoms with Crippen LogP contribution >= 0.6 is 7.75 Å². The fourth-order valence-electron chi connectivity index (χ4n) is 4.19. The highest BCUT2D eigenvalue weighted by Gasteiger charge is 2.56. The number of benzene rings is 1. The molecule has 3 rings (SSSR count). The first-order valence-electron chi connectivity index (χ1n) is 13.4. The summed E-state index contributed by atoms with van der Waals surface area (Å²) in [5.41, 5.74) is -3.17. The second kappa shape index (κ2) is 14.0. The predicted octanol–water partition coefficient (Wildman–Crippen LogP) is 2.04. The third-order valence-electron chi connectivity index (χ3n) is 6.16. The molecule has 2 N–H and O–H groups in total. The van der Waals surface area contributed by atoms with Crippen molar-refractivity contribution in [2.24, 2.45) is 0 Å². The summed E-state index contributed by atoms with van der Waals surface area (Å²) >= 11 is 0. The fourth-order valence-corrected chi connectivity index (χ4v) is 5.69. The minimum absolute atomic E-state index is 0.0847. The Morgan fingerprint density at radius 2 is 1.90 bits per heavy atom. The number of ether oxygens (including phenoxy) is 2. The molecule has 0 radical (unpaired) electrons. The molecule has 2 heterocycles. The number of Topliss-reactive ketones (excluding diaryl/α,β-unsaturated/α-hetero) is 1. The molecule has 1 aliphatic heterocycles. The Morgan fingerprint density at radius 3 is 2.50 bits per heavy atom. The minimum atomic E-state index is -4.33. The van der Waals surface area contributed by atoms with Gasteiger partial charge in [-0.3, -0.25) is 18.7 Å². The fraction of sp³-hybridized carbons (Fsp3) is 0.556. The summed E-state index contributed by atoms with van der Waals surface area (Å²) in [6.07, 6.45) is -4.11. The number of nitrogens with one attached hydrogen (secondary N) is 1. The van der Waals surface area contributed by atoms with Crippen molar-refractivity contribution in [1.82, 2.24) is 19.5 Å². The van der Waals surface area contributed by atoms with Crippen LogP contribution in [0.25, 0.3) is 0 Å². The first-order chi connectivity index (χ1) is 19.6. The number of para-hydroxylation sites is 1. The molecule has 13 nitrogen and oxygen atoms in total. The van der Waals surface area contributed by atoms with Gasteiger partial charge in [0.2, 0.25) is 0 Å². The van der Waals surface area contributed by atoms with E-state index in [-0.39, 0.29) is 30.2 Å². The monoisotopic (exact) mass is 612 g/mol. The Balaban J connectivity index is 1.77. The Morgan fingerprint density at radius 1 is 1.24 bits per heavy atom. The number of likely N-dealkylation sites (N-methyl/N-ethyl adjacent to an activating group) is 1. The third-order valence-corrected chi connectivity index (χ3v) is 7.81. The number of halogens is 1. The largest absolute Gasteiger partial charge is 0.462 e. The van der Waals surface area contributed by atoms with Gasteiger partial charge in [-0.1, -0.05) is 18.2 Å². The highest BCUT2D eigenvalue weighted by atomic mass is 31.2. The topological polar surface area (TPSA) is 159 Å². The Bertz CT molecular complexity index is 1340. The standard InChI is InChI=1S/C27H38FN4O9P/c1-17(2)39-24(35)18(3)30-42(37,41-21-10-8-7-9-11-21)38-16-22-23(34)27(4,28)25(40-22)32-13-12-19(29-26(32)36)14-20(33)15-31(5)6/h7-13,17-18,22-23,25,34H,14-16H2,1-6H3,(H,30,37)/t18-,22+,23+,25+,27+,42+/m0/s1. The molecule has 1 aromatic carbocycles. The van der Waals surface area contributed by atoms with Crippen LogP contribution in [0.5, 0.6) is 5.75 Å². The molecule has 0 bridgehead atoms. The Labute approximate surface area is 243 Å². The molecule has 1 fully saturated rings. The van der Waals surface area contributed by atoms with E-state index in [2.05, 4.69) is 10.1 Å². The van der Waals surface area contributed by atoms with Crippen molar-refractivity contribution in [3.8, 4) is 5.75 Å². The summed E-state index contributed by atoms with van der Waals surface area (Å²) in [4.78, 5) is 42.8. The SMILES string of the molecule is CC(C)OC(=O)[C@H](C)N[P@@](=O)(OC[C@H]1O[C@@H](n2ccc(CC(=O)CN(C)C)nc2=O)[C@](C)(F)[C@@H]1O)Oc1ccccc1.